The molecule has 0 unspecified atom stereocenters. The Kier molecular flexibility index (Phi) is 3.31. The summed E-state index contributed by atoms with van der Waals surface area (Å²) in [5.41, 5.74) is 1.60. The summed E-state index contributed by atoms with van der Waals surface area (Å²) >= 11 is 6.01. The summed E-state index contributed by atoms with van der Waals surface area (Å²) in [6.07, 6.45) is 0.603. The summed E-state index contributed by atoms with van der Waals surface area (Å²) in [5.74, 6) is 0.590. The quantitative estimate of drug-likeness (QED) is 0.681. The summed E-state index contributed by atoms with van der Waals surface area (Å²) in [4.78, 5) is 33.1. The van der Waals surface area contributed by atoms with Crippen molar-refractivity contribution in [2.75, 3.05) is 16.8 Å². The van der Waals surface area contributed by atoms with Crippen molar-refractivity contribution >= 4 is 41.0 Å². The van der Waals surface area contributed by atoms with Crippen LogP contribution < -0.4 is 10.2 Å². The van der Waals surface area contributed by atoms with E-state index in [4.69, 9.17) is 11.6 Å². The molecule has 106 valence electrons. The molecular formula is C14H11ClN4O2. The third-order valence-corrected chi connectivity index (χ3v) is 3.42. The number of halogens is 1. The number of hydrogen-bond acceptors (Lipinski definition) is 5. The van der Waals surface area contributed by atoms with Crippen LogP contribution in [0, 0.1) is 6.92 Å². The van der Waals surface area contributed by atoms with E-state index in [2.05, 4.69) is 15.3 Å². The van der Waals surface area contributed by atoms with Gasteiger partial charge in [0.2, 0.25) is 5.91 Å². The fraction of sp³-hybridized carbons (Fsp3) is 0.143. The highest BCUT2D eigenvalue weighted by Crippen LogP contribution is 2.36. The van der Waals surface area contributed by atoms with Crippen molar-refractivity contribution in [3.63, 3.8) is 0 Å². The first-order valence-corrected chi connectivity index (χ1v) is 6.63. The van der Waals surface area contributed by atoms with Gasteiger partial charge in [0.25, 0.3) is 0 Å². The van der Waals surface area contributed by atoms with Crippen LogP contribution >= 0.6 is 11.6 Å². The molecule has 0 atom stereocenters. The van der Waals surface area contributed by atoms with E-state index in [0.29, 0.717) is 23.6 Å². The number of carbonyl (C=O) groups excluding carboxylic acids is 2. The van der Waals surface area contributed by atoms with Crippen molar-refractivity contribution < 1.29 is 9.59 Å². The van der Waals surface area contributed by atoms with E-state index in [0.717, 1.165) is 5.69 Å². The lowest BCUT2D eigenvalue weighted by atomic mass is 10.1. The number of fused-ring (bicyclic) bond motifs is 1. The number of aromatic nitrogens is 2. The number of carbonyl (C=O) groups is 2. The number of amides is 1. The van der Waals surface area contributed by atoms with Crippen molar-refractivity contribution in [1.29, 1.82) is 0 Å². The standard InChI is InChI=1S/C14H11ClN4O2/c1-8-16-13(15)9(7-20)14(17-8)19-6-12(21)18-10-4-2-3-5-11(10)19/h2-5,7H,6H2,1H3,(H,18,21). The van der Waals surface area contributed by atoms with Crippen molar-refractivity contribution in [2.24, 2.45) is 0 Å². The molecule has 1 N–H and O–H groups in total. The third kappa shape index (κ3) is 2.34. The smallest absolute Gasteiger partial charge is 0.244 e. The lowest BCUT2D eigenvalue weighted by molar-refractivity contribution is -0.115. The van der Waals surface area contributed by atoms with Crippen LogP contribution in [0.25, 0.3) is 0 Å². The minimum atomic E-state index is -0.182. The Bertz CT molecular complexity index is 748. The first-order valence-electron chi connectivity index (χ1n) is 6.26. The molecule has 0 radical (unpaired) electrons. The molecule has 0 saturated carbocycles. The van der Waals surface area contributed by atoms with Gasteiger partial charge in [-0.2, -0.15) is 0 Å². The number of nitrogens with zero attached hydrogens (tertiary/aromatic N) is 3. The average Bonchev–Trinajstić information content (AvgIpc) is 2.45. The van der Waals surface area contributed by atoms with Crippen LogP contribution in [0.1, 0.15) is 16.2 Å². The zero-order valence-corrected chi connectivity index (χ0v) is 11.9. The maximum Gasteiger partial charge on any atom is 0.244 e. The van der Waals surface area contributed by atoms with E-state index in [1.54, 1.807) is 17.9 Å². The molecule has 0 bridgehead atoms. The van der Waals surface area contributed by atoms with Crippen LogP contribution in [0.2, 0.25) is 5.15 Å². The summed E-state index contributed by atoms with van der Waals surface area (Å²) < 4.78 is 0. The van der Waals surface area contributed by atoms with E-state index in [1.807, 2.05) is 18.2 Å². The first-order chi connectivity index (χ1) is 10.1. The van der Waals surface area contributed by atoms with Gasteiger partial charge in [0.15, 0.2) is 6.29 Å². The Labute approximate surface area is 125 Å². The predicted octanol–water partition coefficient (Wildman–Crippen LogP) is 2.34. The molecule has 0 aliphatic carbocycles. The minimum absolute atomic E-state index is 0.0602. The maximum atomic E-state index is 11.9. The normalized spacial score (nSPS) is 13.6. The van der Waals surface area contributed by atoms with Gasteiger partial charge < -0.3 is 10.2 Å². The number of hydrogen-bond donors (Lipinski definition) is 1. The molecule has 0 spiro atoms. The van der Waals surface area contributed by atoms with Crippen molar-refractivity contribution in [3.8, 4) is 0 Å². The van der Waals surface area contributed by atoms with E-state index in [9.17, 15) is 9.59 Å². The second-order valence-corrected chi connectivity index (χ2v) is 4.93. The number of para-hydroxylation sites is 2. The monoisotopic (exact) mass is 302 g/mol. The second-order valence-electron chi connectivity index (χ2n) is 4.57. The zero-order valence-electron chi connectivity index (χ0n) is 11.1. The van der Waals surface area contributed by atoms with Crippen LogP contribution in [0.15, 0.2) is 24.3 Å². The van der Waals surface area contributed by atoms with Crippen LogP contribution in [-0.2, 0) is 4.79 Å². The van der Waals surface area contributed by atoms with E-state index in [1.165, 1.54) is 0 Å². The van der Waals surface area contributed by atoms with E-state index in [-0.39, 0.29) is 23.2 Å². The average molecular weight is 303 g/mol. The minimum Gasteiger partial charge on any atom is -0.323 e. The van der Waals surface area contributed by atoms with Crippen molar-refractivity contribution in [1.82, 2.24) is 9.97 Å². The van der Waals surface area contributed by atoms with Crippen molar-refractivity contribution in [2.45, 2.75) is 6.92 Å². The topological polar surface area (TPSA) is 75.2 Å². The molecule has 1 amide bonds. The predicted molar refractivity (Wildman–Crippen MR) is 79.2 cm³/mol. The molecule has 2 aromatic rings. The zero-order chi connectivity index (χ0) is 15.0. The fourth-order valence-electron chi connectivity index (χ4n) is 2.26. The number of benzene rings is 1. The van der Waals surface area contributed by atoms with Crippen LogP contribution in [0.4, 0.5) is 17.2 Å². The third-order valence-electron chi connectivity index (χ3n) is 3.13. The van der Waals surface area contributed by atoms with Gasteiger partial charge in [-0.15, -0.1) is 0 Å². The van der Waals surface area contributed by atoms with E-state index < -0.39 is 0 Å². The van der Waals surface area contributed by atoms with Gasteiger partial charge in [-0.3, -0.25) is 9.59 Å². The Morgan fingerprint density at radius 1 is 1.33 bits per heavy atom. The summed E-state index contributed by atoms with van der Waals surface area (Å²) in [6.45, 7) is 1.74. The van der Waals surface area contributed by atoms with Gasteiger partial charge in [-0.25, -0.2) is 9.97 Å². The summed E-state index contributed by atoms with van der Waals surface area (Å²) in [5, 5.41) is 2.86. The molecule has 3 rings (SSSR count). The molecule has 0 fully saturated rings. The molecule has 1 aliphatic rings. The van der Waals surface area contributed by atoms with Gasteiger partial charge >= 0.3 is 0 Å². The Morgan fingerprint density at radius 3 is 2.86 bits per heavy atom. The van der Waals surface area contributed by atoms with Crippen LogP contribution in [0.5, 0.6) is 0 Å². The molecule has 1 aromatic carbocycles. The molecular weight excluding hydrogens is 292 g/mol. The highest BCUT2D eigenvalue weighted by Gasteiger charge is 2.27. The number of rotatable bonds is 2. The molecule has 2 heterocycles. The van der Waals surface area contributed by atoms with Gasteiger partial charge in [-0.05, 0) is 19.1 Å². The highest BCUT2D eigenvalue weighted by atomic mass is 35.5. The fourth-order valence-corrected chi connectivity index (χ4v) is 2.51. The van der Waals surface area contributed by atoms with Crippen LogP contribution in [-0.4, -0.2) is 28.7 Å². The number of anilines is 3. The maximum absolute atomic E-state index is 11.9. The Morgan fingerprint density at radius 2 is 2.10 bits per heavy atom. The Balaban J connectivity index is 2.21. The summed E-state index contributed by atoms with van der Waals surface area (Å²) in [7, 11) is 0. The van der Waals surface area contributed by atoms with Crippen LogP contribution in [0.3, 0.4) is 0 Å². The van der Waals surface area contributed by atoms with Gasteiger partial charge in [0.05, 0.1) is 16.9 Å². The molecule has 6 nitrogen and oxygen atoms in total. The summed E-state index contributed by atoms with van der Waals surface area (Å²) in [6, 6.07) is 7.30. The lowest BCUT2D eigenvalue weighted by Gasteiger charge is -2.30. The van der Waals surface area contributed by atoms with Gasteiger partial charge in [0, 0.05) is 0 Å². The molecule has 7 heteroatoms. The van der Waals surface area contributed by atoms with Gasteiger partial charge in [-0.1, -0.05) is 23.7 Å². The molecule has 1 aliphatic heterocycles. The number of nitrogens with one attached hydrogen (secondary N) is 1. The second kappa shape index (κ2) is 5.14. The molecule has 21 heavy (non-hydrogen) atoms. The first kappa shape index (κ1) is 13.5. The largest absolute Gasteiger partial charge is 0.323 e. The SMILES string of the molecule is Cc1nc(Cl)c(C=O)c(N2CC(=O)Nc3ccccc32)n1. The highest BCUT2D eigenvalue weighted by molar-refractivity contribution is 6.32. The lowest BCUT2D eigenvalue weighted by Crippen LogP contribution is -2.36. The molecule has 1 aromatic heterocycles. The number of aryl methyl sites for hydroxylation is 1. The molecule has 0 saturated heterocycles. The van der Waals surface area contributed by atoms with Gasteiger partial charge in [0.1, 0.15) is 23.3 Å². The van der Waals surface area contributed by atoms with E-state index >= 15 is 0 Å². The Hall–Kier alpha value is -2.47. The number of aldehydes is 1. The van der Waals surface area contributed by atoms with Crippen molar-refractivity contribution in [3.05, 3.63) is 40.8 Å².